The van der Waals surface area contributed by atoms with E-state index in [9.17, 15) is 4.79 Å². The van der Waals surface area contributed by atoms with Gasteiger partial charge in [0.2, 0.25) is 0 Å². The molecule has 2 rings (SSSR count). The number of hydrogen-bond donors (Lipinski definition) is 0. The minimum Gasteiger partial charge on any atom is -0.294 e. The average molecular weight is 304 g/mol. The SMILES string of the molecule is CC1(C)CC(Cl)/C(=C\c2ccc(Cl)cc2Cl)C1=O. The number of rotatable bonds is 1. The predicted molar refractivity (Wildman–Crippen MR) is 77.5 cm³/mol. The van der Waals surface area contributed by atoms with E-state index in [0.717, 1.165) is 5.56 Å². The highest BCUT2D eigenvalue weighted by Gasteiger charge is 2.42. The lowest BCUT2D eigenvalue weighted by Crippen LogP contribution is -2.17. The summed E-state index contributed by atoms with van der Waals surface area (Å²) in [5, 5.41) is 0.846. The zero-order chi connectivity index (χ0) is 13.5. The first-order valence-electron chi connectivity index (χ1n) is 5.67. The van der Waals surface area contributed by atoms with Gasteiger partial charge < -0.3 is 0 Å². The van der Waals surface area contributed by atoms with Gasteiger partial charge in [0.1, 0.15) is 0 Å². The molecule has 4 heteroatoms. The largest absolute Gasteiger partial charge is 0.294 e. The second kappa shape index (κ2) is 4.88. The second-order valence-corrected chi connectivity index (χ2v) is 6.52. The maximum Gasteiger partial charge on any atom is 0.166 e. The van der Waals surface area contributed by atoms with Crippen molar-refractivity contribution in [3.8, 4) is 0 Å². The summed E-state index contributed by atoms with van der Waals surface area (Å²) in [5.74, 6) is 0.0912. The summed E-state index contributed by atoms with van der Waals surface area (Å²) in [6, 6.07) is 5.19. The van der Waals surface area contributed by atoms with Gasteiger partial charge in [0.25, 0.3) is 0 Å². The summed E-state index contributed by atoms with van der Waals surface area (Å²) in [4.78, 5) is 12.2. The Labute approximate surface area is 122 Å². The molecule has 1 atom stereocenters. The van der Waals surface area contributed by atoms with Crippen LogP contribution in [-0.2, 0) is 4.79 Å². The zero-order valence-electron chi connectivity index (χ0n) is 10.1. The predicted octanol–water partition coefficient (Wildman–Crippen LogP) is 4.98. The second-order valence-electron chi connectivity index (χ2n) is 5.15. The van der Waals surface area contributed by atoms with Gasteiger partial charge in [-0.1, -0.05) is 43.1 Å². The van der Waals surface area contributed by atoms with Crippen molar-refractivity contribution in [2.75, 3.05) is 0 Å². The van der Waals surface area contributed by atoms with Gasteiger partial charge in [-0.2, -0.15) is 0 Å². The number of benzene rings is 1. The van der Waals surface area contributed by atoms with Crippen LogP contribution in [0, 0.1) is 5.41 Å². The molecule has 1 nitrogen and oxygen atoms in total. The summed E-state index contributed by atoms with van der Waals surface area (Å²) >= 11 is 18.2. The van der Waals surface area contributed by atoms with Crippen LogP contribution >= 0.6 is 34.8 Å². The summed E-state index contributed by atoms with van der Waals surface area (Å²) in [7, 11) is 0. The smallest absolute Gasteiger partial charge is 0.166 e. The van der Waals surface area contributed by atoms with Crippen molar-refractivity contribution < 1.29 is 4.79 Å². The lowest BCUT2D eigenvalue weighted by molar-refractivity contribution is -0.121. The summed E-state index contributed by atoms with van der Waals surface area (Å²) < 4.78 is 0. The van der Waals surface area contributed by atoms with Crippen molar-refractivity contribution >= 4 is 46.7 Å². The molecule has 96 valence electrons. The number of Topliss-reactive ketones (excluding diaryl/α,β-unsaturated/α-hetero) is 1. The first-order chi connectivity index (χ1) is 8.31. The van der Waals surface area contributed by atoms with E-state index in [1.807, 2.05) is 13.8 Å². The molecule has 1 aliphatic carbocycles. The first-order valence-corrected chi connectivity index (χ1v) is 6.86. The van der Waals surface area contributed by atoms with Crippen molar-refractivity contribution in [1.82, 2.24) is 0 Å². The Morgan fingerprint density at radius 3 is 2.50 bits per heavy atom. The topological polar surface area (TPSA) is 17.1 Å². The molecule has 0 bridgehead atoms. The lowest BCUT2D eigenvalue weighted by Gasteiger charge is -2.12. The normalized spacial score (nSPS) is 24.8. The number of ketones is 1. The minimum atomic E-state index is -0.392. The van der Waals surface area contributed by atoms with E-state index in [-0.39, 0.29) is 11.2 Å². The fourth-order valence-corrected chi connectivity index (χ4v) is 3.14. The summed E-state index contributed by atoms with van der Waals surface area (Å²) in [5.41, 5.74) is 1.01. The Morgan fingerprint density at radius 2 is 2.00 bits per heavy atom. The molecular formula is C14H13Cl3O. The van der Waals surface area contributed by atoms with Crippen molar-refractivity contribution in [2.45, 2.75) is 25.6 Å². The average Bonchev–Trinajstić information content (AvgIpc) is 2.44. The van der Waals surface area contributed by atoms with Crippen LogP contribution in [0.5, 0.6) is 0 Å². The molecule has 1 unspecified atom stereocenters. The van der Waals surface area contributed by atoms with Crippen LogP contribution in [-0.4, -0.2) is 11.2 Å². The highest BCUT2D eigenvalue weighted by molar-refractivity contribution is 6.36. The molecule has 0 radical (unpaired) electrons. The number of allylic oxidation sites excluding steroid dienone is 1. The minimum absolute atomic E-state index is 0.0912. The van der Waals surface area contributed by atoms with Crippen LogP contribution in [0.4, 0.5) is 0 Å². The van der Waals surface area contributed by atoms with E-state index in [1.165, 1.54) is 0 Å². The molecule has 1 aliphatic rings. The Bertz CT molecular complexity index is 532. The molecule has 1 aromatic carbocycles. The number of carbonyl (C=O) groups is 1. The molecule has 0 spiro atoms. The summed E-state index contributed by atoms with van der Waals surface area (Å²) in [6.07, 6.45) is 2.43. The first kappa shape index (κ1) is 13.9. The van der Waals surface area contributed by atoms with Crippen LogP contribution in [0.1, 0.15) is 25.8 Å². The Balaban J connectivity index is 2.42. The van der Waals surface area contributed by atoms with Crippen LogP contribution < -0.4 is 0 Å². The number of hydrogen-bond acceptors (Lipinski definition) is 1. The standard InChI is InChI=1S/C14H13Cl3O/c1-14(2)7-12(17)10(13(14)18)5-8-3-4-9(15)6-11(8)16/h3-6,12H,7H2,1-2H3/b10-5+. The Morgan fingerprint density at radius 1 is 1.33 bits per heavy atom. The van der Waals surface area contributed by atoms with E-state index >= 15 is 0 Å². The molecule has 1 fully saturated rings. The van der Waals surface area contributed by atoms with Crippen LogP contribution in [0.15, 0.2) is 23.8 Å². The summed E-state index contributed by atoms with van der Waals surface area (Å²) in [6.45, 7) is 3.82. The third-order valence-electron chi connectivity index (χ3n) is 3.18. The quantitative estimate of drug-likeness (QED) is 0.528. The molecule has 0 amide bonds. The highest BCUT2D eigenvalue weighted by atomic mass is 35.5. The van der Waals surface area contributed by atoms with Gasteiger partial charge in [-0.05, 0) is 30.2 Å². The van der Waals surface area contributed by atoms with Gasteiger partial charge in [-0.15, -0.1) is 11.6 Å². The molecule has 0 saturated heterocycles. The maximum absolute atomic E-state index is 12.2. The maximum atomic E-state index is 12.2. The molecule has 0 aromatic heterocycles. The van der Waals surface area contributed by atoms with Crippen molar-refractivity contribution in [2.24, 2.45) is 5.41 Å². The Hall–Kier alpha value is -0.500. The van der Waals surface area contributed by atoms with E-state index < -0.39 is 5.41 Å². The molecule has 0 heterocycles. The van der Waals surface area contributed by atoms with Crippen LogP contribution in [0.2, 0.25) is 10.0 Å². The molecular weight excluding hydrogens is 291 g/mol. The highest BCUT2D eigenvalue weighted by Crippen LogP contribution is 2.41. The van der Waals surface area contributed by atoms with Crippen LogP contribution in [0.25, 0.3) is 6.08 Å². The number of alkyl halides is 1. The van der Waals surface area contributed by atoms with Gasteiger partial charge in [-0.3, -0.25) is 4.79 Å². The van der Waals surface area contributed by atoms with Crippen LogP contribution in [0.3, 0.4) is 0 Å². The third kappa shape index (κ3) is 2.59. The number of carbonyl (C=O) groups excluding carboxylic acids is 1. The van der Waals surface area contributed by atoms with Gasteiger partial charge >= 0.3 is 0 Å². The fourth-order valence-electron chi connectivity index (χ4n) is 2.13. The number of halogens is 3. The van der Waals surface area contributed by atoms with E-state index in [2.05, 4.69) is 0 Å². The van der Waals surface area contributed by atoms with Crippen molar-refractivity contribution in [1.29, 1.82) is 0 Å². The Kier molecular flexibility index (Phi) is 3.77. The lowest BCUT2D eigenvalue weighted by atomic mass is 9.90. The van der Waals surface area contributed by atoms with Crippen molar-refractivity contribution in [3.05, 3.63) is 39.4 Å². The fraction of sp³-hybridized carbons (Fsp3) is 0.357. The van der Waals surface area contributed by atoms with Gasteiger partial charge in [-0.25, -0.2) is 0 Å². The zero-order valence-corrected chi connectivity index (χ0v) is 12.4. The van der Waals surface area contributed by atoms with E-state index in [4.69, 9.17) is 34.8 Å². The van der Waals surface area contributed by atoms with Gasteiger partial charge in [0.05, 0.1) is 5.38 Å². The molecule has 1 aromatic rings. The molecule has 0 aliphatic heterocycles. The molecule has 1 saturated carbocycles. The molecule has 0 N–H and O–H groups in total. The van der Waals surface area contributed by atoms with E-state index in [1.54, 1.807) is 24.3 Å². The molecule has 18 heavy (non-hydrogen) atoms. The van der Waals surface area contributed by atoms with Crippen molar-refractivity contribution in [3.63, 3.8) is 0 Å². The van der Waals surface area contributed by atoms with Gasteiger partial charge in [0.15, 0.2) is 5.78 Å². The monoisotopic (exact) mass is 302 g/mol. The third-order valence-corrected chi connectivity index (χ3v) is 4.13. The van der Waals surface area contributed by atoms with Gasteiger partial charge in [0, 0.05) is 21.0 Å². The van der Waals surface area contributed by atoms with E-state index in [0.29, 0.717) is 22.0 Å².